The molecule has 0 spiro atoms. The number of likely N-dealkylation sites (tertiary alicyclic amines) is 1. The summed E-state index contributed by atoms with van der Waals surface area (Å²) in [6.07, 6.45) is 5.25. The Balaban J connectivity index is 1.71. The summed E-state index contributed by atoms with van der Waals surface area (Å²) in [6, 6.07) is 6.69. The molecule has 1 aromatic carbocycles. The molecule has 1 aliphatic heterocycles. The summed E-state index contributed by atoms with van der Waals surface area (Å²) < 4.78 is 13.1. The SMILES string of the molecule is CCC1(CC)CCN(CCNc2cccc(F)c2)CC1. The van der Waals surface area contributed by atoms with Crippen LogP contribution >= 0.6 is 0 Å². The largest absolute Gasteiger partial charge is 0.384 e. The van der Waals surface area contributed by atoms with E-state index in [-0.39, 0.29) is 5.82 Å². The normalized spacial score (nSPS) is 18.9. The van der Waals surface area contributed by atoms with Crippen molar-refractivity contribution >= 4 is 5.69 Å². The van der Waals surface area contributed by atoms with Crippen molar-refractivity contribution in [1.29, 1.82) is 0 Å². The smallest absolute Gasteiger partial charge is 0.125 e. The summed E-state index contributed by atoms with van der Waals surface area (Å²) in [5.74, 6) is -0.177. The fraction of sp³-hybridized carbons (Fsp3) is 0.647. The molecular formula is C17H27FN2. The quantitative estimate of drug-likeness (QED) is 0.841. The van der Waals surface area contributed by atoms with E-state index in [1.54, 1.807) is 12.1 Å². The van der Waals surface area contributed by atoms with E-state index in [1.807, 2.05) is 6.07 Å². The molecule has 0 atom stereocenters. The molecule has 0 amide bonds. The number of anilines is 1. The lowest BCUT2D eigenvalue weighted by Crippen LogP contribution is -2.41. The number of benzene rings is 1. The molecule has 1 aromatic rings. The van der Waals surface area contributed by atoms with Gasteiger partial charge in [-0.05, 0) is 49.5 Å². The predicted octanol–water partition coefficient (Wildman–Crippen LogP) is 4.14. The number of nitrogens with one attached hydrogen (secondary N) is 1. The monoisotopic (exact) mass is 278 g/mol. The molecule has 0 bridgehead atoms. The molecule has 1 saturated heterocycles. The molecule has 20 heavy (non-hydrogen) atoms. The van der Waals surface area contributed by atoms with Gasteiger partial charge in [0.25, 0.3) is 0 Å². The first-order valence-corrected chi connectivity index (χ1v) is 7.89. The predicted molar refractivity (Wildman–Crippen MR) is 83.6 cm³/mol. The number of piperidine rings is 1. The van der Waals surface area contributed by atoms with Gasteiger partial charge >= 0.3 is 0 Å². The van der Waals surface area contributed by atoms with Gasteiger partial charge in [-0.3, -0.25) is 0 Å². The summed E-state index contributed by atoms with van der Waals surface area (Å²) in [6.45, 7) is 8.98. The van der Waals surface area contributed by atoms with Crippen LogP contribution in [-0.4, -0.2) is 31.1 Å². The Hall–Kier alpha value is -1.09. The van der Waals surface area contributed by atoms with Gasteiger partial charge in [-0.15, -0.1) is 0 Å². The van der Waals surface area contributed by atoms with Gasteiger partial charge < -0.3 is 10.2 Å². The number of hydrogen-bond acceptors (Lipinski definition) is 2. The lowest BCUT2D eigenvalue weighted by molar-refractivity contribution is 0.0983. The van der Waals surface area contributed by atoms with E-state index in [1.165, 1.54) is 44.8 Å². The van der Waals surface area contributed by atoms with Crippen molar-refractivity contribution in [3.05, 3.63) is 30.1 Å². The fourth-order valence-corrected chi connectivity index (χ4v) is 3.16. The minimum absolute atomic E-state index is 0.177. The fourth-order valence-electron chi connectivity index (χ4n) is 3.16. The molecule has 1 N–H and O–H groups in total. The standard InChI is InChI=1S/C17H27FN2/c1-3-17(4-2)8-11-20(12-9-17)13-10-19-16-7-5-6-15(18)14-16/h5-7,14,19H,3-4,8-13H2,1-2H3. The summed E-state index contributed by atoms with van der Waals surface area (Å²) in [7, 11) is 0. The van der Waals surface area contributed by atoms with Crippen LogP contribution < -0.4 is 5.32 Å². The topological polar surface area (TPSA) is 15.3 Å². The van der Waals surface area contributed by atoms with E-state index in [2.05, 4.69) is 24.1 Å². The third-order valence-corrected chi connectivity index (χ3v) is 5.00. The number of hydrogen-bond donors (Lipinski definition) is 1. The average molecular weight is 278 g/mol. The highest BCUT2D eigenvalue weighted by Gasteiger charge is 2.30. The molecule has 2 rings (SSSR count). The molecule has 0 aromatic heterocycles. The summed E-state index contributed by atoms with van der Waals surface area (Å²) in [5, 5.41) is 3.30. The van der Waals surface area contributed by atoms with Crippen molar-refractivity contribution in [3.8, 4) is 0 Å². The molecular weight excluding hydrogens is 251 g/mol. The van der Waals surface area contributed by atoms with Crippen molar-refractivity contribution < 1.29 is 4.39 Å². The van der Waals surface area contributed by atoms with Crippen molar-refractivity contribution in [2.45, 2.75) is 39.5 Å². The number of halogens is 1. The number of rotatable bonds is 6. The van der Waals surface area contributed by atoms with Gasteiger partial charge in [0.05, 0.1) is 0 Å². The van der Waals surface area contributed by atoms with E-state index in [0.717, 1.165) is 18.8 Å². The van der Waals surface area contributed by atoms with E-state index in [4.69, 9.17) is 0 Å². The maximum Gasteiger partial charge on any atom is 0.125 e. The maximum atomic E-state index is 13.1. The van der Waals surface area contributed by atoms with E-state index < -0.39 is 0 Å². The Morgan fingerprint density at radius 1 is 1.20 bits per heavy atom. The second kappa shape index (κ2) is 7.07. The van der Waals surface area contributed by atoms with Crippen molar-refractivity contribution in [2.75, 3.05) is 31.5 Å². The lowest BCUT2D eigenvalue weighted by atomic mass is 9.74. The summed E-state index contributed by atoms with van der Waals surface area (Å²) >= 11 is 0. The average Bonchev–Trinajstić information content (AvgIpc) is 2.48. The summed E-state index contributed by atoms with van der Waals surface area (Å²) in [5.41, 5.74) is 1.46. The molecule has 2 nitrogen and oxygen atoms in total. The van der Waals surface area contributed by atoms with Crippen LogP contribution in [0.4, 0.5) is 10.1 Å². The Labute approximate surface area is 122 Å². The van der Waals surface area contributed by atoms with Crippen LogP contribution in [0.15, 0.2) is 24.3 Å². The minimum atomic E-state index is -0.177. The highest BCUT2D eigenvalue weighted by atomic mass is 19.1. The Bertz CT molecular complexity index is 405. The van der Waals surface area contributed by atoms with Gasteiger partial charge in [0.15, 0.2) is 0 Å². The highest BCUT2D eigenvalue weighted by molar-refractivity contribution is 5.42. The van der Waals surface area contributed by atoms with Gasteiger partial charge in [-0.1, -0.05) is 32.8 Å². The second-order valence-corrected chi connectivity index (χ2v) is 5.99. The van der Waals surface area contributed by atoms with Crippen LogP contribution in [-0.2, 0) is 0 Å². The van der Waals surface area contributed by atoms with E-state index in [9.17, 15) is 4.39 Å². The zero-order valence-electron chi connectivity index (χ0n) is 12.8. The van der Waals surface area contributed by atoms with Crippen molar-refractivity contribution in [1.82, 2.24) is 4.90 Å². The molecule has 0 unspecified atom stereocenters. The van der Waals surface area contributed by atoms with Gasteiger partial charge in [0, 0.05) is 18.8 Å². The first-order valence-electron chi connectivity index (χ1n) is 7.89. The Morgan fingerprint density at radius 2 is 1.90 bits per heavy atom. The molecule has 112 valence electrons. The van der Waals surface area contributed by atoms with Crippen LogP contribution in [0.1, 0.15) is 39.5 Å². The van der Waals surface area contributed by atoms with Crippen LogP contribution in [0, 0.1) is 11.2 Å². The molecule has 3 heteroatoms. The van der Waals surface area contributed by atoms with Gasteiger partial charge in [0.1, 0.15) is 5.82 Å². The molecule has 1 heterocycles. The zero-order chi connectivity index (χ0) is 14.4. The Morgan fingerprint density at radius 3 is 2.50 bits per heavy atom. The van der Waals surface area contributed by atoms with Crippen LogP contribution in [0.2, 0.25) is 0 Å². The maximum absolute atomic E-state index is 13.1. The van der Waals surface area contributed by atoms with Crippen LogP contribution in [0.25, 0.3) is 0 Å². The Kier molecular flexibility index (Phi) is 5.41. The lowest BCUT2D eigenvalue weighted by Gasteiger charge is -2.41. The molecule has 1 aliphatic rings. The van der Waals surface area contributed by atoms with E-state index >= 15 is 0 Å². The zero-order valence-corrected chi connectivity index (χ0v) is 12.8. The van der Waals surface area contributed by atoms with Crippen LogP contribution in [0.5, 0.6) is 0 Å². The van der Waals surface area contributed by atoms with Crippen LogP contribution in [0.3, 0.4) is 0 Å². The highest BCUT2D eigenvalue weighted by Crippen LogP contribution is 2.37. The van der Waals surface area contributed by atoms with Gasteiger partial charge in [0.2, 0.25) is 0 Å². The van der Waals surface area contributed by atoms with Crippen molar-refractivity contribution in [2.24, 2.45) is 5.41 Å². The van der Waals surface area contributed by atoms with Crippen molar-refractivity contribution in [3.63, 3.8) is 0 Å². The first-order chi connectivity index (χ1) is 9.67. The summed E-state index contributed by atoms with van der Waals surface area (Å²) in [4.78, 5) is 2.52. The third kappa shape index (κ3) is 3.95. The van der Waals surface area contributed by atoms with Gasteiger partial charge in [-0.2, -0.15) is 0 Å². The minimum Gasteiger partial charge on any atom is -0.384 e. The third-order valence-electron chi connectivity index (χ3n) is 5.00. The number of nitrogens with zero attached hydrogens (tertiary/aromatic N) is 1. The molecule has 0 radical (unpaired) electrons. The molecule has 0 aliphatic carbocycles. The van der Waals surface area contributed by atoms with Gasteiger partial charge in [-0.25, -0.2) is 4.39 Å². The molecule has 1 fully saturated rings. The molecule has 0 saturated carbocycles. The second-order valence-electron chi connectivity index (χ2n) is 5.99. The first kappa shape index (κ1) is 15.3. The van der Waals surface area contributed by atoms with E-state index in [0.29, 0.717) is 5.41 Å².